The van der Waals surface area contributed by atoms with Gasteiger partial charge in [-0.25, -0.2) is 4.79 Å². The van der Waals surface area contributed by atoms with Crippen molar-refractivity contribution in [2.45, 2.75) is 12.5 Å². The van der Waals surface area contributed by atoms with E-state index in [4.69, 9.17) is 11.6 Å². The smallest absolute Gasteiger partial charge is 0.327 e. The Labute approximate surface area is 126 Å². The minimum absolute atomic E-state index is 0.324. The Kier molecular flexibility index (Phi) is 3.39. The number of aliphatic carboxylic acids is 1. The number of carbonyl (C=O) groups is 2. The molecule has 1 N–H and O–H groups in total. The summed E-state index contributed by atoms with van der Waals surface area (Å²) in [5.41, 5.74) is 1.94. The number of carboxylic acids is 1. The maximum absolute atomic E-state index is 12.7. The van der Waals surface area contributed by atoms with Crippen molar-refractivity contribution < 1.29 is 14.7 Å². The molecule has 3 rings (SSSR count). The summed E-state index contributed by atoms with van der Waals surface area (Å²) in [5, 5.41) is 9.91. The Morgan fingerprint density at radius 3 is 2.43 bits per heavy atom. The minimum atomic E-state index is -1.01. The van der Waals surface area contributed by atoms with Crippen LogP contribution >= 0.6 is 11.6 Å². The average Bonchev–Trinajstić information content (AvgIpc) is 2.87. The number of carbonyl (C=O) groups excluding carboxylic acids is 1. The second-order valence-corrected chi connectivity index (χ2v) is 5.31. The number of anilines is 1. The Morgan fingerprint density at radius 1 is 1.10 bits per heavy atom. The third-order valence-corrected chi connectivity index (χ3v) is 3.82. The topological polar surface area (TPSA) is 57.6 Å². The molecule has 0 saturated carbocycles. The lowest BCUT2D eigenvalue weighted by molar-refractivity contribution is -0.138. The molecule has 1 unspecified atom stereocenters. The number of para-hydroxylation sites is 1. The average molecular weight is 302 g/mol. The van der Waals surface area contributed by atoms with Crippen LogP contribution in [0.2, 0.25) is 5.02 Å². The van der Waals surface area contributed by atoms with Crippen molar-refractivity contribution in [3.63, 3.8) is 0 Å². The van der Waals surface area contributed by atoms with E-state index in [1.165, 1.54) is 4.90 Å². The summed E-state index contributed by atoms with van der Waals surface area (Å²) in [4.78, 5) is 25.5. The molecule has 5 heteroatoms. The summed E-state index contributed by atoms with van der Waals surface area (Å²) in [6.07, 6.45) is 0.324. The Balaban J connectivity index is 2.03. The van der Waals surface area contributed by atoms with Crippen molar-refractivity contribution >= 4 is 29.2 Å². The number of carboxylic acid groups (broad SMARTS) is 1. The minimum Gasteiger partial charge on any atom is -0.480 e. The van der Waals surface area contributed by atoms with Gasteiger partial charge in [0.15, 0.2) is 0 Å². The van der Waals surface area contributed by atoms with Crippen molar-refractivity contribution in [1.82, 2.24) is 0 Å². The first-order valence-corrected chi connectivity index (χ1v) is 6.85. The molecule has 4 nitrogen and oxygen atoms in total. The van der Waals surface area contributed by atoms with Crippen LogP contribution < -0.4 is 4.90 Å². The summed E-state index contributed by atoms with van der Waals surface area (Å²) < 4.78 is 0. The van der Waals surface area contributed by atoms with Gasteiger partial charge in [0, 0.05) is 22.7 Å². The molecule has 2 aromatic carbocycles. The molecule has 1 amide bonds. The molecule has 0 fully saturated rings. The third-order valence-electron chi connectivity index (χ3n) is 3.57. The fraction of sp³-hybridized carbons (Fsp3) is 0.125. The van der Waals surface area contributed by atoms with E-state index in [-0.39, 0.29) is 5.91 Å². The van der Waals surface area contributed by atoms with Crippen LogP contribution in [0.1, 0.15) is 15.9 Å². The molecule has 0 spiro atoms. The Bertz CT molecular complexity index is 712. The molecule has 0 saturated heterocycles. The van der Waals surface area contributed by atoms with E-state index in [0.717, 1.165) is 5.56 Å². The molecule has 0 radical (unpaired) electrons. The van der Waals surface area contributed by atoms with Crippen LogP contribution in [0.15, 0.2) is 48.5 Å². The predicted molar refractivity (Wildman–Crippen MR) is 79.8 cm³/mol. The fourth-order valence-corrected chi connectivity index (χ4v) is 2.69. The summed E-state index contributed by atoms with van der Waals surface area (Å²) in [7, 11) is 0. The first-order valence-electron chi connectivity index (χ1n) is 6.48. The quantitative estimate of drug-likeness (QED) is 0.927. The number of hydrogen-bond acceptors (Lipinski definition) is 2. The summed E-state index contributed by atoms with van der Waals surface area (Å²) in [6.45, 7) is 0. The standard InChI is InChI=1S/C16H12ClNO3/c17-12-7-5-10(6-8-12)15(19)18-13-4-2-1-3-11(13)9-14(18)16(20)21/h1-8,14H,9H2,(H,20,21). The highest BCUT2D eigenvalue weighted by Gasteiger charge is 2.38. The molecular weight excluding hydrogens is 290 g/mol. The molecule has 2 aromatic rings. The molecule has 106 valence electrons. The van der Waals surface area contributed by atoms with Gasteiger partial charge >= 0.3 is 5.97 Å². The molecule has 0 aromatic heterocycles. The van der Waals surface area contributed by atoms with Gasteiger partial charge in [-0.3, -0.25) is 9.69 Å². The van der Waals surface area contributed by atoms with Crippen molar-refractivity contribution in [3.05, 3.63) is 64.7 Å². The maximum atomic E-state index is 12.7. The van der Waals surface area contributed by atoms with Crippen molar-refractivity contribution in [2.75, 3.05) is 4.90 Å². The molecule has 1 heterocycles. The SMILES string of the molecule is O=C(O)C1Cc2ccccc2N1C(=O)c1ccc(Cl)cc1. The lowest BCUT2D eigenvalue weighted by Crippen LogP contribution is -2.42. The van der Waals surface area contributed by atoms with E-state index in [2.05, 4.69) is 0 Å². The zero-order valence-corrected chi connectivity index (χ0v) is 11.7. The van der Waals surface area contributed by atoms with Crippen LogP contribution in [0.3, 0.4) is 0 Å². The van der Waals surface area contributed by atoms with Crippen molar-refractivity contribution in [1.29, 1.82) is 0 Å². The lowest BCUT2D eigenvalue weighted by atomic mass is 10.1. The molecule has 1 aliphatic heterocycles. The highest BCUT2D eigenvalue weighted by Crippen LogP contribution is 2.33. The zero-order valence-electron chi connectivity index (χ0n) is 11.0. The van der Waals surface area contributed by atoms with Crippen molar-refractivity contribution in [2.24, 2.45) is 0 Å². The number of halogens is 1. The van der Waals surface area contributed by atoms with Crippen LogP contribution in [0, 0.1) is 0 Å². The first-order chi connectivity index (χ1) is 10.1. The number of hydrogen-bond donors (Lipinski definition) is 1. The molecule has 1 aliphatic rings. The van der Waals surface area contributed by atoms with Gasteiger partial charge < -0.3 is 5.11 Å². The van der Waals surface area contributed by atoms with Gasteiger partial charge in [0.25, 0.3) is 5.91 Å². The van der Waals surface area contributed by atoms with E-state index in [9.17, 15) is 14.7 Å². The van der Waals surface area contributed by atoms with Gasteiger partial charge in [-0.05, 0) is 35.9 Å². The number of nitrogens with zero attached hydrogens (tertiary/aromatic N) is 1. The van der Waals surface area contributed by atoms with E-state index < -0.39 is 12.0 Å². The predicted octanol–water partition coefficient (Wildman–Crippen LogP) is 3.00. The van der Waals surface area contributed by atoms with E-state index in [1.807, 2.05) is 12.1 Å². The number of amides is 1. The second kappa shape index (κ2) is 5.22. The maximum Gasteiger partial charge on any atom is 0.327 e. The highest BCUT2D eigenvalue weighted by atomic mass is 35.5. The van der Waals surface area contributed by atoms with Crippen LogP contribution in [0.4, 0.5) is 5.69 Å². The Morgan fingerprint density at radius 2 is 1.76 bits per heavy atom. The number of fused-ring (bicyclic) bond motifs is 1. The van der Waals surface area contributed by atoms with Crippen LogP contribution in [0.25, 0.3) is 0 Å². The normalized spacial score (nSPS) is 16.6. The Hall–Kier alpha value is -2.33. The molecule has 21 heavy (non-hydrogen) atoms. The first kappa shape index (κ1) is 13.6. The summed E-state index contributed by atoms with van der Waals surface area (Å²) in [5.74, 6) is -1.34. The van der Waals surface area contributed by atoms with Crippen molar-refractivity contribution in [3.8, 4) is 0 Å². The van der Waals surface area contributed by atoms with E-state index >= 15 is 0 Å². The number of benzene rings is 2. The lowest BCUT2D eigenvalue weighted by Gasteiger charge is -2.22. The number of rotatable bonds is 2. The summed E-state index contributed by atoms with van der Waals surface area (Å²) >= 11 is 5.82. The molecule has 0 bridgehead atoms. The van der Waals surface area contributed by atoms with E-state index in [0.29, 0.717) is 22.7 Å². The van der Waals surface area contributed by atoms with Crippen LogP contribution in [-0.2, 0) is 11.2 Å². The van der Waals surface area contributed by atoms with Gasteiger partial charge in [-0.2, -0.15) is 0 Å². The summed E-state index contributed by atoms with van der Waals surface area (Å²) in [6, 6.07) is 12.8. The van der Waals surface area contributed by atoms with Gasteiger partial charge in [0.2, 0.25) is 0 Å². The third kappa shape index (κ3) is 2.38. The van der Waals surface area contributed by atoms with Gasteiger partial charge in [0.05, 0.1) is 0 Å². The van der Waals surface area contributed by atoms with Gasteiger partial charge in [-0.15, -0.1) is 0 Å². The van der Waals surface area contributed by atoms with Gasteiger partial charge in [-0.1, -0.05) is 29.8 Å². The second-order valence-electron chi connectivity index (χ2n) is 4.87. The zero-order chi connectivity index (χ0) is 15.0. The van der Waals surface area contributed by atoms with Gasteiger partial charge in [0.1, 0.15) is 6.04 Å². The molecule has 0 aliphatic carbocycles. The molecule has 1 atom stereocenters. The van der Waals surface area contributed by atoms with Crippen LogP contribution in [-0.4, -0.2) is 23.0 Å². The van der Waals surface area contributed by atoms with Crippen LogP contribution in [0.5, 0.6) is 0 Å². The van der Waals surface area contributed by atoms with E-state index in [1.54, 1.807) is 36.4 Å². The molecular formula is C16H12ClNO3. The monoisotopic (exact) mass is 301 g/mol. The fourth-order valence-electron chi connectivity index (χ4n) is 2.57. The highest BCUT2D eigenvalue weighted by molar-refractivity contribution is 6.30. The largest absolute Gasteiger partial charge is 0.480 e.